The summed E-state index contributed by atoms with van der Waals surface area (Å²) < 4.78 is 10.9. The zero-order valence-corrected chi connectivity index (χ0v) is 9.39. The molecule has 0 fully saturated rings. The van der Waals surface area contributed by atoms with Gasteiger partial charge in [-0.05, 0) is 24.6 Å². The molecule has 0 aliphatic carbocycles. The van der Waals surface area contributed by atoms with Gasteiger partial charge >= 0.3 is 13.6 Å². The number of nitrogens with two attached hydrogens (primary N) is 1. The molecule has 0 aliphatic heterocycles. The van der Waals surface area contributed by atoms with Gasteiger partial charge in [0.1, 0.15) is 5.54 Å². The maximum atomic E-state index is 10.9. The third-order valence-corrected chi connectivity index (χ3v) is 3.22. The van der Waals surface area contributed by atoms with Crippen LogP contribution < -0.4 is 11.0 Å². The summed E-state index contributed by atoms with van der Waals surface area (Å²) in [5.74, 6) is -1.21. The topological polar surface area (TPSA) is 121 Å². The fourth-order valence-corrected chi connectivity index (χ4v) is 1.66. The Balaban J connectivity index is 3.14. The van der Waals surface area contributed by atoms with Crippen molar-refractivity contribution in [3.63, 3.8) is 0 Å². The van der Waals surface area contributed by atoms with Crippen LogP contribution in [0.2, 0.25) is 0 Å². The fraction of sp³-hybridized carbons (Fsp3) is 0.222. The number of rotatable bonds is 3. The van der Waals surface area contributed by atoms with Crippen LogP contribution in [0, 0.1) is 0 Å². The molecular formula is C9H12NO5P. The quantitative estimate of drug-likeness (QED) is 0.545. The molecule has 1 aromatic carbocycles. The van der Waals surface area contributed by atoms with Crippen molar-refractivity contribution in [1.29, 1.82) is 0 Å². The first-order valence-electron chi connectivity index (χ1n) is 4.34. The van der Waals surface area contributed by atoms with Crippen molar-refractivity contribution in [2.45, 2.75) is 12.5 Å². The van der Waals surface area contributed by atoms with E-state index in [2.05, 4.69) is 0 Å². The van der Waals surface area contributed by atoms with Crippen LogP contribution in [0.5, 0.6) is 0 Å². The average molecular weight is 245 g/mol. The third kappa shape index (κ3) is 2.48. The van der Waals surface area contributed by atoms with Gasteiger partial charge in [0.05, 0.1) is 5.30 Å². The Hall–Kier alpha value is -1.20. The monoisotopic (exact) mass is 245 g/mol. The van der Waals surface area contributed by atoms with Crippen LogP contribution in [-0.2, 0) is 14.9 Å². The summed E-state index contributed by atoms with van der Waals surface area (Å²) in [5, 5.41) is 8.68. The van der Waals surface area contributed by atoms with E-state index in [0.717, 1.165) is 0 Å². The lowest BCUT2D eigenvalue weighted by Crippen LogP contribution is -2.41. The Morgan fingerprint density at radius 1 is 1.31 bits per heavy atom. The molecule has 0 amide bonds. The second-order valence-corrected chi connectivity index (χ2v) is 5.20. The van der Waals surface area contributed by atoms with E-state index in [9.17, 15) is 9.36 Å². The molecule has 0 heterocycles. The van der Waals surface area contributed by atoms with Gasteiger partial charge in [-0.15, -0.1) is 0 Å². The van der Waals surface area contributed by atoms with Crippen LogP contribution in [0.1, 0.15) is 12.5 Å². The average Bonchev–Trinajstić information content (AvgIpc) is 2.16. The molecule has 88 valence electrons. The van der Waals surface area contributed by atoms with Gasteiger partial charge in [-0.2, -0.15) is 0 Å². The van der Waals surface area contributed by atoms with Gasteiger partial charge < -0.3 is 20.6 Å². The molecule has 6 nitrogen and oxygen atoms in total. The number of carboxylic acids is 1. The molecule has 1 atom stereocenters. The zero-order chi connectivity index (χ0) is 12.6. The molecule has 7 heteroatoms. The Morgan fingerprint density at radius 3 is 2.06 bits per heavy atom. The molecule has 0 spiro atoms. The van der Waals surface area contributed by atoms with E-state index >= 15 is 0 Å². The van der Waals surface area contributed by atoms with Gasteiger partial charge in [-0.25, -0.2) is 4.79 Å². The molecule has 0 radical (unpaired) electrons. The lowest BCUT2D eigenvalue weighted by molar-refractivity contribution is -0.143. The molecular weight excluding hydrogens is 233 g/mol. The first-order chi connectivity index (χ1) is 7.15. The zero-order valence-electron chi connectivity index (χ0n) is 8.49. The summed E-state index contributed by atoms with van der Waals surface area (Å²) in [6.45, 7) is 1.31. The van der Waals surface area contributed by atoms with Crippen LogP contribution in [0.4, 0.5) is 0 Å². The SMILES string of the molecule is C[C@](N)(C(=O)O)c1ccc(P(=O)(O)O)cc1. The summed E-state index contributed by atoms with van der Waals surface area (Å²) >= 11 is 0. The summed E-state index contributed by atoms with van der Waals surface area (Å²) in [7, 11) is -4.30. The van der Waals surface area contributed by atoms with Gasteiger partial charge in [-0.3, -0.25) is 4.57 Å². The van der Waals surface area contributed by atoms with Gasteiger partial charge in [0.15, 0.2) is 0 Å². The molecule has 0 aliphatic rings. The van der Waals surface area contributed by atoms with E-state index in [1.165, 1.54) is 31.2 Å². The van der Waals surface area contributed by atoms with E-state index in [1.54, 1.807) is 0 Å². The van der Waals surface area contributed by atoms with Crippen molar-refractivity contribution >= 4 is 18.9 Å². The van der Waals surface area contributed by atoms with Crippen LogP contribution in [0.3, 0.4) is 0 Å². The third-order valence-electron chi connectivity index (χ3n) is 2.25. The Bertz CT molecular complexity index is 447. The normalized spacial score (nSPS) is 15.5. The number of carboxylic acid groups (broad SMARTS) is 1. The molecule has 0 unspecified atom stereocenters. The minimum atomic E-state index is -4.30. The fourth-order valence-electron chi connectivity index (χ4n) is 1.13. The van der Waals surface area contributed by atoms with Crippen molar-refractivity contribution in [1.82, 2.24) is 0 Å². The van der Waals surface area contributed by atoms with E-state index in [4.69, 9.17) is 20.6 Å². The smallest absolute Gasteiger partial charge is 0.356 e. The molecule has 0 saturated heterocycles. The molecule has 5 N–H and O–H groups in total. The molecule has 0 bridgehead atoms. The van der Waals surface area contributed by atoms with Crippen LogP contribution in [0.25, 0.3) is 0 Å². The highest BCUT2D eigenvalue weighted by atomic mass is 31.2. The van der Waals surface area contributed by atoms with Crippen molar-refractivity contribution in [3.8, 4) is 0 Å². The Labute approximate surface area is 91.9 Å². The predicted octanol–water partition coefficient (Wildman–Crippen LogP) is -0.252. The minimum Gasteiger partial charge on any atom is -0.480 e. The first-order valence-corrected chi connectivity index (χ1v) is 5.96. The second kappa shape index (κ2) is 3.99. The van der Waals surface area contributed by atoms with E-state index in [0.29, 0.717) is 0 Å². The number of hydrogen-bond acceptors (Lipinski definition) is 3. The van der Waals surface area contributed by atoms with Gasteiger partial charge in [-0.1, -0.05) is 12.1 Å². The summed E-state index contributed by atoms with van der Waals surface area (Å²) in [4.78, 5) is 28.5. The highest BCUT2D eigenvalue weighted by Crippen LogP contribution is 2.33. The van der Waals surface area contributed by atoms with Gasteiger partial charge in [0, 0.05) is 0 Å². The Kier molecular flexibility index (Phi) is 3.21. The maximum Gasteiger partial charge on any atom is 0.356 e. The van der Waals surface area contributed by atoms with Gasteiger partial charge in [0.25, 0.3) is 0 Å². The van der Waals surface area contributed by atoms with Gasteiger partial charge in [0.2, 0.25) is 0 Å². The summed E-state index contributed by atoms with van der Waals surface area (Å²) in [6, 6.07) is 4.93. The summed E-state index contributed by atoms with van der Waals surface area (Å²) in [6.07, 6.45) is 0. The predicted molar refractivity (Wildman–Crippen MR) is 57.3 cm³/mol. The standard InChI is InChI=1S/C9H12NO5P/c1-9(10,8(11)12)6-2-4-7(5-3-6)16(13,14)15/h2-5H,10H2,1H3,(H,11,12)(H2,13,14,15)/t9-/m1/s1. The highest BCUT2D eigenvalue weighted by molar-refractivity contribution is 7.60. The first kappa shape index (κ1) is 12.9. The number of benzene rings is 1. The number of carbonyl (C=O) groups is 1. The molecule has 16 heavy (non-hydrogen) atoms. The van der Waals surface area contributed by atoms with E-state index in [-0.39, 0.29) is 10.9 Å². The van der Waals surface area contributed by atoms with Crippen LogP contribution in [-0.4, -0.2) is 20.9 Å². The lowest BCUT2D eigenvalue weighted by atomic mass is 9.94. The highest BCUT2D eigenvalue weighted by Gasteiger charge is 2.30. The largest absolute Gasteiger partial charge is 0.480 e. The second-order valence-electron chi connectivity index (χ2n) is 3.60. The van der Waals surface area contributed by atoms with E-state index < -0.39 is 19.1 Å². The van der Waals surface area contributed by atoms with Crippen LogP contribution in [0.15, 0.2) is 24.3 Å². The number of aliphatic carboxylic acids is 1. The van der Waals surface area contributed by atoms with Crippen LogP contribution >= 0.6 is 7.60 Å². The summed E-state index contributed by atoms with van der Waals surface area (Å²) in [5.41, 5.74) is 4.25. The molecule has 1 rings (SSSR count). The van der Waals surface area contributed by atoms with Crippen molar-refractivity contribution in [2.75, 3.05) is 0 Å². The van der Waals surface area contributed by atoms with Crippen molar-refractivity contribution < 1.29 is 24.3 Å². The van der Waals surface area contributed by atoms with E-state index in [1.807, 2.05) is 0 Å². The van der Waals surface area contributed by atoms with Crippen molar-refractivity contribution in [2.24, 2.45) is 5.73 Å². The molecule has 1 aromatic rings. The Morgan fingerprint density at radius 2 is 1.75 bits per heavy atom. The maximum absolute atomic E-state index is 10.9. The lowest BCUT2D eigenvalue weighted by Gasteiger charge is -2.19. The molecule has 0 saturated carbocycles. The molecule has 0 aromatic heterocycles. The van der Waals surface area contributed by atoms with Crippen molar-refractivity contribution in [3.05, 3.63) is 29.8 Å². The number of hydrogen-bond donors (Lipinski definition) is 4. The minimum absolute atomic E-state index is 0.169.